The zero-order valence-electron chi connectivity index (χ0n) is 13.1. The molecular weight excluding hydrogens is 340 g/mol. The molecule has 134 valence electrons. The average Bonchev–Trinajstić information content (AvgIpc) is 2.91. The van der Waals surface area contributed by atoms with Crippen LogP contribution in [0.1, 0.15) is 6.42 Å². The highest BCUT2D eigenvalue weighted by Gasteiger charge is 2.55. The highest BCUT2D eigenvalue weighted by atomic mass is 19.1. The third kappa shape index (κ3) is 3.08. The maximum Gasteiger partial charge on any atom is 0.314 e. The lowest BCUT2D eigenvalue weighted by Crippen LogP contribution is -2.53. The molecule has 0 bridgehead atoms. The molecule has 0 radical (unpaired) electrons. The van der Waals surface area contributed by atoms with Crippen LogP contribution in [0.25, 0.3) is 0 Å². The number of anilines is 1. The van der Waals surface area contributed by atoms with Crippen LogP contribution >= 0.6 is 0 Å². The second-order valence-corrected chi connectivity index (χ2v) is 5.78. The van der Waals surface area contributed by atoms with Crippen LogP contribution in [0, 0.1) is 10.7 Å². The van der Waals surface area contributed by atoms with E-state index in [0.29, 0.717) is 18.0 Å². The molecule has 0 aromatic carbocycles. The Balaban J connectivity index is 1.78. The van der Waals surface area contributed by atoms with Crippen LogP contribution in [0.3, 0.4) is 0 Å². The van der Waals surface area contributed by atoms with Crippen molar-refractivity contribution in [2.24, 2.45) is 0 Å². The van der Waals surface area contributed by atoms with E-state index < -0.39 is 36.0 Å². The number of fused-ring (bicyclic) bond motifs is 1. The van der Waals surface area contributed by atoms with Gasteiger partial charge in [0, 0.05) is 18.8 Å². The Morgan fingerprint density at radius 3 is 2.88 bits per heavy atom. The second kappa shape index (κ2) is 6.57. The number of alkyl halides is 1. The standard InChI is InChI=1S/C14H15F2N5O4/c15-1-3-19-7-8(5-9(16)14(19)24)18-13(23)11-6-10-12(22)17-2-4-20(10)21(11)25/h5,7,10-11H,1-4,6H2,(H-,17,18,22,23)/p+1. The number of piperazine rings is 1. The number of rotatable bonds is 4. The summed E-state index contributed by atoms with van der Waals surface area (Å²) in [5.74, 6) is -2.21. The van der Waals surface area contributed by atoms with Crippen molar-refractivity contribution in [1.29, 1.82) is 0 Å². The number of nitroso groups, excluding NO2 is 1. The number of carbonyl (C=O) groups excluding carboxylic acids is 2. The molecule has 1 aromatic rings. The molecule has 25 heavy (non-hydrogen) atoms. The summed E-state index contributed by atoms with van der Waals surface area (Å²) in [4.78, 5) is 48.3. The van der Waals surface area contributed by atoms with E-state index in [1.165, 1.54) is 5.01 Å². The molecule has 3 rings (SSSR count). The van der Waals surface area contributed by atoms with E-state index in [9.17, 15) is 28.1 Å². The first-order chi connectivity index (χ1) is 11.9. The number of amides is 2. The molecule has 3 heterocycles. The van der Waals surface area contributed by atoms with Gasteiger partial charge < -0.3 is 15.2 Å². The van der Waals surface area contributed by atoms with Crippen LogP contribution in [0.5, 0.6) is 0 Å². The Hall–Kier alpha value is -2.85. The maximum atomic E-state index is 13.6. The first-order valence-electron chi connectivity index (χ1n) is 7.70. The highest BCUT2D eigenvalue weighted by molar-refractivity contribution is 5.95. The van der Waals surface area contributed by atoms with Gasteiger partial charge in [0.2, 0.25) is 5.91 Å². The van der Waals surface area contributed by atoms with Crippen molar-refractivity contribution in [3.05, 3.63) is 33.3 Å². The minimum Gasteiger partial charge on any atom is -0.352 e. The first-order valence-corrected chi connectivity index (χ1v) is 7.70. The number of hydrazine groups is 1. The predicted molar refractivity (Wildman–Crippen MR) is 80.8 cm³/mol. The fourth-order valence-corrected chi connectivity index (χ4v) is 3.01. The van der Waals surface area contributed by atoms with Gasteiger partial charge in [0.25, 0.3) is 5.56 Å². The van der Waals surface area contributed by atoms with Crippen molar-refractivity contribution in [3.63, 3.8) is 0 Å². The molecule has 2 N–H and O–H groups in total. The van der Waals surface area contributed by atoms with E-state index in [-0.39, 0.29) is 24.6 Å². The lowest BCUT2D eigenvalue weighted by molar-refractivity contribution is -0.704. The Bertz CT molecular complexity index is 796. The molecule has 2 aliphatic rings. The number of carbonyl (C=O) groups is 2. The van der Waals surface area contributed by atoms with Crippen LogP contribution in [0.4, 0.5) is 14.5 Å². The second-order valence-electron chi connectivity index (χ2n) is 5.78. The zero-order valence-corrected chi connectivity index (χ0v) is 13.1. The fraction of sp³-hybridized carbons (Fsp3) is 0.500. The van der Waals surface area contributed by atoms with E-state index in [4.69, 9.17) is 0 Å². The van der Waals surface area contributed by atoms with Gasteiger partial charge in [-0.15, -0.1) is 5.01 Å². The molecule has 2 fully saturated rings. The molecule has 2 unspecified atom stereocenters. The van der Waals surface area contributed by atoms with Crippen molar-refractivity contribution in [2.75, 3.05) is 25.1 Å². The summed E-state index contributed by atoms with van der Waals surface area (Å²) < 4.78 is 26.8. The van der Waals surface area contributed by atoms with Crippen LogP contribution < -0.4 is 16.2 Å². The zero-order chi connectivity index (χ0) is 18.1. The summed E-state index contributed by atoms with van der Waals surface area (Å²) >= 11 is 0. The molecular formula is C14H16F2N5O4+. The quantitative estimate of drug-likeness (QED) is 0.685. The predicted octanol–water partition coefficient (Wildman–Crippen LogP) is -0.838. The van der Waals surface area contributed by atoms with Gasteiger partial charge in [-0.25, -0.2) is 8.78 Å². The van der Waals surface area contributed by atoms with Gasteiger partial charge in [-0.3, -0.25) is 14.4 Å². The number of pyridine rings is 1. The molecule has 2 amide bonds. The van der Waals surface area contributed by atoms with Gasteiger partial charge in [-0.1, -0.05) is 0 Å². The van der Waals surface area contributed by atoms with Gasteiger partial charge in [-0.2, -0.15) is 0 Å². The van der Waals surface area contributed by atoms with Gasteiger partial charge >= 0.3 is 11.9 Å². The summed E-state index contributed by atoms with van der Waals surface area (Å²) in [6.07, 6.45) is 1.10. The Labute approximate surface area is 140 Å². The smallest absolute Gasteiger partial charge is 0.314 e. The van der Waals surface area contributed by atoms with Crippen molar-refractivity contribution in [1.82, 2.24) is 14.9 Å². The SMILES string of the molecule is O=C1NCCN2C1CC(C(=O)Nc1cc(F)c(=O)n(CCF)c1)[N+]2=O. The molecule has 11 heteroatoms. The Morgan fingerprint density at radius 1 is 1.44 bits per heavy atom. The molecule has 0 spiro atoms. The van der Waals surface area contributed by atoms with Crippen molar-refractivity contribution < 1.29 is 23.2 Å². The minimum atomic E-state index is -1.15. The third-order valence-electron chi connectivity index (χ3n) is 4.21. The van der Waals surface area contributed by atoms with E-state index in [2.05, 4.69) is 10.6 Å². The Morgan fingerprint density at radius 2 is 2.20 bits per heavy atom. The van der Waals surface area contributed by atoms with Crippen LogP contribution in [-0.4, -0.2) is 58.1 Å². The third-order valence-corrected chi connectivity index (χ3v) is 4.21. The van der Waals surface area contributed by atoms with Crippen molar-refractivity contribution in [2.45, 2.75) is 25.0 Å². The van der Waals surface area contributed by atoms with E-state index in [1.807, 2.05) is 0 Å². The molecule has 2 saturated heterocycles. The summed E-state index contributed by atoms with van der Waals surface area (Å²) in [5.41, 5.74) is -1.07. The molecule has 9 nitrogen and oxygen atoms in total. The maximum absolute atomic E-state index is 13.6. The van der Waals surface area contributed by atoms with Crippen LogP contribution in [-0.2, 0) is 16.1 Å². The number of nitrogens with zero attached hydrogens (tertiary/aromatic N) is 3. The average molecular weight is 356 g/mol. The van der Waals surface area contributed by atoms with E-state index in [0.717, 1.165) is 16.8 Å². The monoisotopic (exact) mass is 356 g/mol. The summed E-state index contributed by atoms with van der Waals surface area (Å²) in [6.45, 7) is -0.631. The number of halogens is 2. The number of aromatic nitrogens is 1. The minimum absolute atomic E-state index is 0.00618. The molecule has 0 saturated carbocycles. The molecule has 2 atom stereocenters. The van der Waals surface area contributed by atoms with Gasteiger partial charge in [0.15, 0.2) is 11.9 Å². The van der Waals surface area contributed by atoms with Gasteiger partial charge in [-0.05, 0) is 0 Å². The lowest BCUT2D eigenvalue weighted by Gasteiger charge is -2.21. The number of nitrogens with one attached hydrogen (secondary N) is 2. The summed E-state index contributed by atoms with van der Waals surface area (Å²) in [6, 6.07) is -1.07. The van der Waals surface area contributed by atoms with Crippen LogP contribution in [0.2, 0.25) is 0 Å². The van der Waals surface area contributed by atoms with Gasteiger partial charge in [0.1, 0.15) is 11.5 Å². The van der Waals surface area contributed by atoms with Crippen LogP contribution in [0.15, 0.2) is 17.1 Å². The number of aryl methyl sites for hydroxylation is 1. The largest absolute Gasteiger partial charge is 0.352 e. The lowest BCUT2D eigenvalue weighted by atomic mass is 10.1. The van der Waals surface area contributed by atoms with E-state index in [1.54, 1.807) is 0 Å². The van der Waals surface area contributed by atoms with Crippen molar-refractivity contribution in [3.8, 4) is 0 Å². The van der Waals surface area contributed by atoms with Gasteiger partial charge in [0.05, 0.1) is 30.1 Å². The topological polar surface area (TPSA) is 104 Å². The summed E-state index contributed by atoms with van der Waals surface area (Å²) in [5, 5.41) is 6.23. The fourth-order valence-electron chi connectivity index (χ4n) is 3.01. The molecule has 2 aliphatic heterocycles. The Kier molecular flexibility index (Phi) is 4.47. The summed E-state index contributed by atoms with van der Waals surface area (Å²) in [7, 11) is 0. The normalized spacial score (nSPS) is 22.6. The number of hydrogen-bond acceptors (Lipinski definition) is 4. The first kappa shape index (κ1) is 17.0. The molecule has 1 aromatic heterocycles. The van der Waals surface area contributed by atoms with Crippen molar-refractivity contribution >= 4 is 17.5 Å². The highest BCUT2D eigenvalue weighted by Crippen LogP contribution is 2.23. The number of hydrogen-bond donors (Lipinski definition) is 2. The molecule has 0 aliphatic carbocycles. The van der Waals surface area contributed by atoms with E-state index >= 15 is 0 Å².